The van der Waals surface area contributed by atoms with Gasteiger partial charge in [0.2, 0.25) is 5.91 Å². The van der Waals surface area contributed by atoms with Gasteiger partial charge in [0.15, 0.2) is 0 Å². The van der Waals surface area contributed by atoms with E-state index in [0.29, 0.717) is 36.9 Å². The molecule has 8 atom stereocenters. The molecule has 2 N–H and O–H groups in total. The summed E-state index contributed by atoms with van der Waals surface area (Å²) in [6.45, 7) is 9.09. The van der Waals surface area contributed by atoms with Crippen molar-refractivity contribution in [2.45, 2.75) is 84.2 Å². The highest BCUT2D eigenvalue weighted by atomic mass is 16.6. The Morgan fingerprint density at radius 2 is 1.86 bits per heavy atom. The Hall–Kier alpha value is -5.02. The average molecular weight is 684 g/mol. The summed E-state index contributed by atoms with van der Waals surface area (Å²) in [7, 11) is 0. The first-order chi connectivity index (χ1) is 23.8. The summed E-state index contributed by atoms with van der Waals surface area (Å²) < 4.78 is 24.6. The van der Waals surface area contributed by atoms with Crippen LogP contribution in [0.5, 0.6) is 5.75 Å². The van der Waals surface area contributed by atoms with E-state index < -0.39 is 64.1 Å². The second-order valence-corrected chi connectivity index (χ2v) is 14.2. The predicted molar refractivity (Wildman–Crippen MR) is 178 cm³/mol. The second-order valence-electron chi connectivity index (χ2n) is 14.2. The SMILES string of the molecule is CCCNC(=O)[C@]1(C)[C@@H](OC(C)=O)CC[C@]2(C)[C@H]3[C@@H](O)c4c(cc(-c5cccnc5)oc4=O)O[C@]3(C)[C@@H](OC(=O)c3ccc(C#N)cc3)C[C@H]21. The van der Waals surface area contributed by atoms with Crippen molar-refractivity contribution >= 4 is 17.8 Å². The summed E-state index contributed by atoms with van der Waals surface area (Å²) in [5, 5.41) is 24.6. The molecular formula is C38H41N3O9. The Morgan fingerprint density at radius 1 is 1.12 bits per heavy atom. The van der Waals surface area contributed by atoms with Crippen molar-refractivity contribution in [3.8, 4) is 23.1 Å². The van der Waals surface area contributed by atoms with Crippen molar-refractivity contribution in [2.75, 3.05) is 6.54 Å². The van der Waals surface area contributed by atoms with Gasteiger partial charge >= 0.3 is 17.6 Å². The van der Waals surface area contributed by atoms with Crippen LogP contribution in [0.4, 0.5) is 0 Å². The molecular weight excluding hydrogens is 642 g/mol. The summed E-state index contributed by atoms with van der Waals surface area (Å²) in [6, 6.07) is 13.0. The van der Waals surface area contributed by atoms with E-state index in [1.54, 1.807) is 32.2 Å². The van der Waals surface area contributed by atoms with Crippen molar-refractivity contribution in [3.63, 3.8) is 0 Å². The topological polar surface area (TPSA) is 178 Å². The quantitative estimate of drug-likeness (QED) is 0.324. The van der Waals surface area contributed by atoms with Crippen LogP contribution in [0.15, 0.2) is 64.1 Å². The van der Waals surface area contributed by atoms with Crippen LogP contribution in [0.25, 0.3) is 11.3 Å². The van der Waals surface area contributed by atoms with E-state index in [4.69, 9.17) is 18.6 Å². The number of ether oxygens (including phenoxy) is 3. The molecule has 50 heavy (non-hydrogen) atoms. The number of aromatic nitrogens is 1. The maximum absolute atomic E-state index is 14.2. The number of esters is 2. The monoisotopic (exact) mass is 683 g/mol. The first-order valence-electron chi connectivity index (χ1n) is 16.9. The lowest BCUT2D eigenvalue weighted by molar-refractivity contribution is -0.258. The van der Waals surface area contributed by atoms with Crippen molar-refractivity contribution < 1.29 is 38.1 Å². The van der Waals surface area contributed by atoms with Gasteiger partial charge in [0.25, 0.3) is 0 Å². The van der Waals surface area contributed by atoms with Gasteiger partial charge in [-0.1, -0.05) is 13.8 Å². The van der Waals surface area contributed by atoms with Gasteiger partial charge in [-0.2, -0.15) is 5.26 Å². The number of aliphatic hydroxyl groups excluding tert-OH is 1. The molecule has 3 aliphatic rings. The number of nitrogens with zero attached hydrogens (tertiary/aromatic N) is 2. The zero-order chi connectivity index (χ0) is 36.0. The van der Waals surface area contributed by atoms with Crippen molar-refractivity contribution in [2.24, 2.45) is 22.7 Å². The molecule has 262 valence electrons. The number of nitriles is 1. The molecule has 6 rings (SSSR count). The maximum Gasteiger partial charge on any atom is 0.345 e. The molecule has 1 aromatic carbocycles. The lowest BCUT2D eigenvalue weighted by Crippen LogP contribution is -2.72. The molecule has 1 amide bonds. The van der Waals surface area contributed by atoms with Crippen LogP contribution in [0, 0.1) is 34.0 Å². The zero-order valence-corrected chi connectivity index (χ0v) is 28.7. The van der Waals surface area contributed by atoms with Crippen LogP contribution in [0.3, 0.4) is 0 Å². The Kier molecular flexibility index (Phi) is 9.07. The lowest BCUT2D eigenvalue weighted by atomic mass is 9.42. The van der Waals surface area contributed by atoms with Crippen molar-refractivity contribution in [3.05, 3.63) is 82.0 Å². The number of fused-ring (bicyclic) bond motifs is 4. The van der Waals surface area contributed by atoms with Gasteiger partial charge in [0, 0.05) is 43.4 Å². The standard InChI is InChI=1S/C38H41N3O9/c1-6-15-41-35(46)37(4)27-18-29(49-33(44)23-11-9-22(19-39)10-12-23)38(5)32(36(27,3)14-13-28(37)47-21(2)42)31(43)30-26(50-38)17-25(48-34(30)45)24-8-7-16-40-20-24/h7-12,16-17,20,27-29,31-32,43H,6,13-15,18H2,1-5H3,(H,41,46)/t27-,28+,29+,31+,32-,36+,37+,38-/m1/s1. The van der Waals surface area contributed by atoms with Crippen molar-refractivity contribution in [1.29, 1.82) is 5.26 Å². The zero-order valence-electron chi connectivity index (χ0n) is 28.7. The van der Waals surface area contributed by atoms with Gasteiger partial charge in [-0.3, -0.25) is 14.6 Å². The molecule has 0 saturated heterocycles. The fraction of sp³-hybridized carbons (Fsp3) is 0.474. The van der Waals surface area contributed by atoms with Crippen LogP contribution >= 0.6 is 0 Å². The van der Waals surface area contributed by atoms with E-state index in [0.717, 1.165) is 0 Å². The fourth-order valence-electron chi connectivity index (χ4n) is 8.86. The van der Waals surface area contributed by atoms with Crippen LogP contribution in [0.1, 0.15) is 87.9 Å². The van der Waals surface area contributed by atoms with E-state index in [2.05, 4.69) is 10.3 Å². The van der Waals surface area contributed by atoms with E-state index >= 15 is 0 Å². The summed E-state index contributed by atoms with van der Waals surface area (Å²) in [6.07, 6.45) is 1.30. The minimum absolute atomic E-state index is 0.0709. The van der Waals surface area contributed by atoms with E-state index in [-0.39, 0.29) is 35.0 Å². The number of rotatable bonds is 7. The summed E-state index contributed by atoms with van der Waals surface area (Å²) in [5.74, 6) is -2.79. The molecule has 0 spiro atoms. The van der Waals surface area contributed by atoms with E-state index in [1.807, 2.05) is 19.9 Å². The van der Waals surface area contributed by atoms with Crippen LogP contribution < -0.4 is 15.7 Å². The number of nitrogens with one attached hydrogen (secondary N) is 1. The highest BCUT2D eigenvalue weighted by Gasteiger charge is 2.72. The number of pyridine rings is 1. The van der Waals surface area contributed by atoms with E-state index in [9.17, 15) is 29.5 Å². The number of aliphatic hydroxyl groups is 1. The van der Waals surface area contributed by atoms with Crippen molar-refractivity contribution in [1.82, 2.24) is 10.3 Å². The second kappa shape index (κ2) is 13.0. The van der Waals surface area contributed by atoms with Gasteiger partial charge < -0.3 is 29.1 Å². The van der Waals surface area contributed by atoms with Gasteiger partial charge in [-0.05, 0) is 87.3 Å². The minimum Gasteiger partial charge on any atom is -0.482 e. The number of carbonyl (C=O) groups excluding carboxylic acids is 3. The molecule has 1 aliphatic heterocycles. The summed E-state index contributed by atoms with van der Waals surface area (Å²) >= 11 is 0. The van der Waals surface area contributed by atoms with Gasteiger partial charge in [0.1, 0.15) is 34.9 Å². The molecule has 2 aromatic heterocycles. The predicted octanol–water partition coefficient (Wildman–Crippen LogP) is 4.88. The van der Waals surface area contributed by atoms with Gasteiger partial charge in [-0.15, -0.1) is 0 Å². The lowest BCUT2D eigenvalue weighted by Gasteiger charge is -2.66. The Labute approximate surface area is 289 Å². The highest BCUT2D eigenvalue weighted by Crippen LogP contribution is 2.67. The van der Waals surface area contributed by atoms with E-state index in [1.165, 1.54) is 43.5 Å². The Balaban J connectivity index is 1.51. The summed E-state index contributed by atoms with van der Waals surface area (Å²) in [4.78, 5) is 58.2. The molecule has 0 unspecified atom stereocenters. The first-order valence-corrected chi connectivity index (χ1v) is 16.9. The molecule has 3 aromatic rings. The molecule has 0 bridgehead atoms. The largest absolute Gasteiger partial charge is 0.482 e. The van der Waals surface area contributed by atoms with Gasteiger partial charge in [-0.25, -0.2) is 9.59 Å². The molecule has 12 nitrogen and oxygen atoms in total. The number of carbonyl (C=O) groups is 3. The first kappa shape index (κ1) is 34.8. The maximum atomic E-state index is 14.2. The Morgan fingerprint density at radius 3 is 2.50 bits per heavy atom. The number of benzene rings is 1. The summed E-state index contributed by atoms with van der Waals surface area (Å²) in [5.41, 5.74) is -3.39. The van der Waals surface area contributed by atoms with Crippen LogP contribution in [-0.2, 0) is 19.1 Å². The average Bonchev–Trinajstić information content (AvgIpc) is 3.09. The van der Waals surface area contributed by atoms with Crippen LogP contribution in [0.2, 0.25) is 0 Å². The number of hydrogen-bond acceptors (Lipinski definition) is 11. The highest BCUT2D eigenvalue weighted by molar-refractivity contribution is 5.89. The fourth-order valence-corrected chi connectivity index (χ4v) is 8.86. The Bertz CT molecular complexity index is 1900. The molecule has 2 saturated carbocycles. The number of amides is 1. The smallest absolute Gasteiger partial charge is 0.345 e. The minimum atomic E-state index is -1.44. The third-order valence-corrected chi connectivity index (χ3v) is 11.2. The van der Waals surface area contributed by atoms with Gasteiger partial charge in [0.05, 0.1) is 28.7 Å². The number of hydrogen-bond donors (Lipinski definition) is 2. The molecule has 2 fully saturated rings. The third-order valence-electron chi connectivity index (χ3n) is 11.2. The molecule has 3 heterocycles. The third kappa shape index (κ3) is 5.63. The molecule has 0 radical (unpaired) electrons. The molecule has 2 aliphatic carbocycles. The molecule has 12 heteroatoms. The van der Waals surface area contributed by atoms with Crippen LogP contribution in [-0.4, -0.2) is 52.3 Å². The normalized spacial score (nSPS) is 31.0.